The van der Waals surface area contributed by atoms with Gasteiger partial charge in [-0.25, -0.2) is 0 Å². The molecule has 0 bridgehead atoms. The van der Waals surface area contributed by atoms with Gasteiger partial charge in [-0.05, 0) is 11.8 Å². The minimum absolute atomic E-state index is 0.0328. The molecule has 1 fully saturated rings. The SMILES string of the molecule is CC1(C)C[C@@]1(Cl)C(F)(F)F. The topological polar surface area (TPSA) is 0 Å². The first kappa shape index (κ1) is 8.18. The molecule has 0 aromatic carbocycles. The third-order valence-corrected chi connectivity index (χ3v) is 2.94. The van der Waals surface area contributed by atoms with Crippen LogP contribution in [0.5, 0.6) is 0 Å². The van der Waals surface area contributed by atoms with Crippen LogP contribution >= 0.6 is 11.6 Å². The first-order valence-corrected chi connectivity index (χ1v) is 3.34. The van der Waals surface area contributed by atoms with Crippen molar-refractivity contribution in [3.05, 3.63) is 0 Å². The Hall–Kier alpha value is 0.0800. The van der Waals surface area contributed by atoms with Crippen LogP contribution in [0.2, 0.25) is 0 Å². The molecule has 0 saturated heterocycles. The number of hydrogen-bond acceptors (Lipinski definition) is 0. The van der Waals surface area contributed by atoms with Gasteiger partial charge >= 0.3 is 6.18 Å². The van der Waals surface area contributed by atoms with E-state index in [9.17, 15) is 13.2 Å². The molecule has 0 heterocycles. The predicted octanol–water partition coefficient (Wildman–Crippen LogP) is 2.96. The van der Waals surface area contributed by atoms with Crippen LogP contribution in [0.4, 0.5) is 13.2 Å². The Bertz CT molecular complexity index is 161. The monoisotopic (exact) mass is 172 g/mol. The van der Waals surface area contributed by atoms with Crippen molar-refractivity contribution in [1.29, 1.82) is 0 Å². The number of hydrogen-bond donors (Lipinski definition) is 0. The molecule has 0 unspecified atom stereocenters. The molecule has 0 spiro atoms. The second-order valence-corrected chi connectivity index (χ2v) is 4.00. The Balaban J connectivity index is 2.78. The Morgan fingerprint density at radius 3 is 1.60 bits per heavy atom. The van der Waals surface area contributed by atoms with E-state index in [1.165, 1.54) is 13.8 Å². The van der Waals surface area contributed by atoms with Crippen LogP contribution in [0.15, 0.2) is 0 Å². The molecule has 1 saturated carbocycles. The molecule has 0 amide bonds. The largest absolute Gasteiger partial charge is 0.408 e. The lowest BCUT2D eigenvalue weighted by atomic mass is 10.1. The molecule has 0 nitrogen and oxygen atoms in total. The second kappa shape index (κ2) is 1.63. The average molecular weight is 173 g/mol. The van der Waals surface area contributed by atoms with Crippen molar-refractivity contribution < 1.29 is 13.2 Å². The van der Waals surface area contributed by atoms with Crippen LogP contribution in [0.25, 0.3) is 0 Å². The van der Waals surface area contributed by atoms with Gasteiger partial charge in [0.15, 0.2) is 0 Å². The molecule has 10 heavy (non-hydrogen) atoms. The summed E-state index contributed by atoms with van der Waals surface area (Å²) in [5.74, 6) is 0. The van der Waals surface area contributed by atoms with E-state index in [0.29, 0.717) is 0 Å². The summed E-state index contributed by atoms with van der Waals surface area (Å²) in [5.41, 5.74) is -0.771. The van der Waals surface area contributed by atoms with Gasteiger partial charge in [0.05, 0.1) is 0 Å². The fourth-order valence-corrected chi connectivity index (χ4v) is 1.38. The minimum Gasteiger partial charge on any atom is -0.169 e. The van der Waals surface area contributed by atoms with E-state index in [-0.39, 0.29) is 6.42 Å². The van der Waals surface area contributed by atoms with Crippen molar-refractivity contribution in [3.63, 3.8) is 0 Å². The van der Waals surface area contributed by atoms with Gasteiger partial charge in [0, 0.05) is 0 Å². The van der Waals surface area contributed by atoms with Gasteiger partial charge in [0.25, 0.3) is 0 Å². The summed E-state index contributed by atoms with van der Waals surface area (Å²) in [4.78, 5) is -1.94. The van der Waals surface area contributed by atoms with Crippen LogP contribution in [-0.2, 0) is 0 Å². The van der Waals surface area contributed by atoms with Crippen LogP contribution in [0, 0.1) is 5.41 Å². The van der Waals surface area contributed by atoms with Gasteiger partial charge in [0.1, 0.15) is 4.87 Å². The maximum atomic E-state index is 12.0. The number of rotatable bonds is 0. The Labute approximate surface area is 62.4 Å². The first-order chi connectivity index (χ1) is 4.21. The molecule has 1 rings (SSSR count). The zero-order valence-corrected chi connectivity index (χ0v) is 6.47. The van der Waals surface area contributed by atoms with Gasteiger partial charge in [-0.1, -0.05) is 13.8 Å². The maximum Gasteiger partial charge on any atom is 0.408 e. The molecule has 0 radical (unpaired) electrons. The summed E-state index contributed by atoms with van der Waals surface area (Å²) >= 11 is 5.29. The molecule has 1 aliphatic rings. The summed E-state index contributed by atoms with van der Waals surface area (Å²) in [5, 5.41) is 0. The lowest BCUT2D eigenvalue weighted by Crippen LogP contribution is -2.29. The molecule has 4 heteroatoms. The van der Waals surface area contributed by atoms with Gasteiger partial charge in [0.2, 0.25) is 0 Å². The fraction of sp³-hybridized carbons (Fsp3) is 1.00. The van der Waals surface area contributed by atoms with Crippen LogP contribution in [0.3, 0.4) is 0 Å². The third kappa shape index (κ3) is 0.831. The van der Waals surface area contributed by atoms with Gasteiger partial charge in [-0.15, -0.1) is 11.6 Å². The smallest absolute Gasteiger partial charge is 0.169 e. The van der Waals surface area contributed by atoms with Crippen molar-refractivity contribution in [2.75, 3.05) is 0 Å². The van der Waals surface area contributed by atoms with Gasteiger partial charge < -0.3 is 0 Å². The number of halogens is 4. The van der Waals surface area contributed by atoms with Gasteiger partial charge in [-0.2, -0.15) is 13.2 Å². The lowest BCUT2D eigenvalue weighted by Gasteiger charge is -2.15. The first-order valence-electron chi connectivity index (χ1n) is 2.96. The predicted molar refractivity (Wildman–Crippen MR) is 33.0 cm³/mol. The highest BCUT2D eigenvalue weighted by molar-refractivity contribution is 6.27. The van der Waals surface area contributed by atoms with Crippen LogP contribution in [0.1, 0.15) is 20.3 Å². The molecule has 1 atom stereocenters. The Morgan fingerprint density at radius 2 is 1.60 bits per heavy atom. The summed E-state index contributed by atoms with van der Waals surface area (Å²) < 4.78 is 36.0. The summed E-state index contributed by atoms with van der Waals surface area (Å²) in [6, 6.07) is 0. The van der Waals surface area contributed by atoms with Gasteiger partial charge in [-0.3, -0.25) is 0 Å². The zero-order valence-electron chi connectivity index (χ0n) is 5.72. The molecular weight excluding hydrogens is 165 g/mol. The Morgan fingerprint density at radius 1 is 1.30 bits per heavy atom. The van der Waals surface area contributed by atoms with Crippen molar-refractivity contribution in [2.45, 2.75) is 31.3 Å². The van der Waals surface area contributed by atoms with E-state index in [2.05, 4.69) is 0 Å². The molecule has 60 valence electrons. The molecule has 0 N–H and O–H groups in total. The summed E-state index contributed by atoms with van der Waals surface area (Å²) in [6.07, 6.45) is -4.22. The number of alkyl halides is 4. The minimum atomic E-state index is -4.25. The van der Waals surface area contributed by atoms with E-state index < -0.39 is 16.5 Å². The second-order valence-electron chi connectivity index (χ2n) is 3.36. The summed E-state index contributed by atoms with van der Waals surface area (Å²) in [6.45, 7) is 3.04. The maximum absolute atomic E-state index is 12.0. The van der Waals surface area contributed by atoms with Crippen molar-refractivity contribution in [2.24, 2.45) is 5.41 Å². The standard InChI is InChI=1S/C6H8ClF3/c1-4(2)3-5(4,7)6(8,9)10/h3H2,1-2H3/t5-/m0/s1. The van der Waals surface area contributed by atoms with E-state index in [1.54, 1.807) is 0 Å². The Kier molecular flexibility index (Phi) is 1.33. The zero-order chi connectivity index (χ0) is 8.21. The fourth-order valence-electron chi connectivity index (χ4n) is 1.05. The third-order valence-electron chi connectivity index (χ3n) is 2.08. The molecular formula is C6H8ClF3. The summed E-state index contributed by atoms with van der Waals surface area (Å²) in [7, 11) is 0. The quantitative estimate of drug-likeness (QED) is 0.493. The highest BCUT2D eigenvalue weighted by atomic mass is 35.5. The van der Waals surface area contributed by atoms with E-state index in [1.807, 2.05) is 0 Å². The lowest BCUT2D eigenvalue weighted by molar-refractivity contribution is -0.144. The van der Waals surface area contributed by atoms with E-state index in [4.69, 9.17) is 11.6 Å². The highest BCUT2D eigenvalue weighted by Crippen LogP contribution is 2.67. The van der Waals surface area contributed by atoms with Crippen molar-refractivity contribution >= 4 is 11.6 Å². The molecule has 0 aromatic heterocycles. The normalized spacial score (nSPS) is 37.8. The van der Waals surface area contributed by atoms with Crippen molar-refractivity contribution in [3.8, 4) is 0 Å². The highest BCUT2D eigenvalue weighted by Gasteiger charge is 2.74. The molecule has 0 aliphatic heterocycles. The van der Waals surface area contributed by atoms with E-state index >= 15 is 0 Å². The van der Waals surface area contributed by atoms with E-state index in [0.717, 1.165) is 0 Å². The van der Waals surface area contributed by atoms with Crippen LogP contribution in [-0.4, -0.2) is 11.1 Å². The molecule has 1 aliphatic carbocycles. The van der Waals surface area contributed by atoms with Crippen LogP contribution < -0.4 is 0 Å². The van der Waals surface area contributed by atoms with Crippen molar-refractivity contribution in [1.82, 2.24) is 0 Å². The molecule has 0 aromatic rings. The average Bonchev–Trinajstić information content (AvgIpc) is 2.05.